The maximum atomic E-state index is 9.96. The third-order valence-electron chi connectivity index (χ3n) is 3.08. The molecule has 2 aromatic rings. The normalized spacial score (nSPS) is 11.4. The molecular formula is C15H18N4OS. The predicted molar refractivity (Wildman–Crippen MR) is 89.4 cm³/mol. The van der Waals surface area contributed by atoms with Gasteiger partial charge in [0.2, 0.25) is 11.0 Å². The Balaban J connectivity index is 2.36. The highest BCUT2D eigenvalue weighted by molar-refractivity contribution is 7.80. The number of thiocarbonyl (C=S) groups is 1. The quantitative estimate of drug-likeness (QED) is 0.451. The molecule has 0 aliphatic heterocycles. The molecule has 0 radical (unpaired) electrons. The molecule has 1 aromatic carbocycles. The molecule has 0 unspecified atom stereocenters. The van der Waals surface area contributed by atoms with Crippen molar-refractivity contribution in [2.24, 2.45) is 10.2 Å². The number of aromatic amines is 1. The van der Waals surface area contributed by atoms with Gasteiger partial charge in [-0.1, -0.05) is 26.0 Å². The smallest absolute Gasteiger partial charge is 0.218 e. The third-order valence-corrected chi connectivity index (χ3v) is 3.31. The van der Waals surface area contributed by atoms with Gasteiger partial charge in [0, 0.05) is 11.9 Å². The number of rotatable bonds is 4. The fourth-order valence-corrected chi connectivity index (χ4v) is 2.06. The number of aromatic hydroxyl groups is 1. The number of hydrogen-bond acceptors (Lipinski definition) is 3. The summed E-state index contributed by atoms with van der Waals surface area (Å²) in [7, 11) is 0. The fraction of sp³-hybridized carbons (Fsp3) is 0.267. The Bertz CT molecular complexity index is 703. The number of nitrogens with one attached hydrogen (secondary N) is 2. The molecule has 0 saturated heterocycles. The van der Waals surface area contributed by atoms with Gasteiger partial charge in [-0.25, -0.2) is 0 Å². The number of fused-ring (bicyclic) bond motifs is 1. The molecule has 3 N–H and O–H groups in total. The van der Waals surface area contributed by atoms with Gasteiger partial charge >= 0.3 is 0 Å². The fourth-order valence-electron chi connectivity index (χ4n) is 1.93. The van der Waals surface area contributed by atoms with E-state index in [0.29, 0.717) is 18.2 Å². The Kier molecular flexibility index (Phi) is 4.70. The summed E-state index contributed by atoms with van der Waals surface area (Å²) in [5.41, 5.74) is 2.39. The molecular weight excluding hydrogens is 284 g/mol. The summed E-state index contributed by atoms with van der Waals surface area (Å²) in [6.45, 7) is 8.34. The van der Waals surface area contributed by atoms with Crippen LogP contribution in [0.4, 0.5) is 5.69 Å². The summed E-state index contributed by atoms with van der Waals surface area (Å²) in [4.78, 5) is 2.88. The molecule has 0 aliphatic rings. The highest BCUT2D eigenvalue weighted by Gasteiger charge is 2.12. The average Bonchev–Trinajstić information content (AvgIpc) is 2.77. The molecule has 5 nitrogen and oxygen atoms in total. The second-order valence-corrected chi connectivity index (χ2v) is 5.34. The number of hydrogen-bond donors (Lipinski definition) is 3. The van der Waals surface area contributed by atoms with E-state index in [4.69, 9.17) is 12.2 Å². The van der Waals surface area contributed by atoms with Crippen LogP contribution in [0.25, 0.3) is 10.9 Å². The summed E-state index contributed by atoms with van der Waals surface area (Å²) in [5, 5.41) is 21.9. The number of H-pyrrole nitrogens is 1. The molecule has 1 heterocycles. The van der Waals surface area contributed by atoms with Gasteiger partial charge in [-0.05, 0) is 35.8 Å². The minimum atomic E-state index is -0.0128. The Morgan fingerprint density at radius 2 is 2.29 bits per heavy atom. The lowest BCUT2D eigenvalue weighted by molar-refractivity contribution is 0.459. The van der Waals surface area contributed by atoms with Crippen molar-refractivity contribution in [1.82, 2.24) is 10.3 Å². The summed E-state index contributed by atoms with van der Waals surface area (Å²) in [6.07, 6.45) is 1.68. The lowest BCUT2D eigenvalue weighted by Gasteiger charge is -2.04. The summed E-state index contributed by atoms with van der Waals surface area (Å²) in [6, 6.07) is 5.96. The van der Waals surface area contributed by atoms with Gasteiger partial charge in [0.15, 0.2) is 5.69 Å². The Morgan fingerprint density at radius 3 is 2.95 bits per heavy atom. The van der Waals surface area contributed by atoms with Crippen molar-refractivity contribution in [2.45, 2.75) is 19.8 Å². The highest BCUT2D eigenvalue weighted by atomic mass is 32.1. The first-order valence-corrected chi connectivity index (χ1v) is 7.08. The predicted octanol–water partition coefficient (Wildman–Crippen LogP) is 4.14. The van der Waals surface area contributed by atoms with Gasteiger partial charge in [-0.2, -0.15) is 0 Å². The SMILES string of the molecule is C=CCNC(=S)N=Nc1c(O)[nH]c2ccc(C(C)C)cc12. The highest BCUT2D eigenvalue weighted by Crippen LogP contribution is 2.36. The molecule has 1 aromatic heterocycles. The zero-order valence-electron chi connectivity index (χ0n) is 12.1. The maximum Gasteiger partial charge on any atom is 0.218 e. The molecule has 21 heavy (non-hydrogen) atoms. The molecule has 2 rings (SSSR count). The second-order valence-electron chi connectivity index (χ2n) is 4.96. The zero-order chi connectivity index (χ0) is 15.4. The van der Waals surface area contributed by atoms with Crippen LogP contribution >= 0.6 is 12.2 Å². The van der Waals surface area contributed by atoms with E-state index in [1.807, 2.05) is 18.2 Å². The average molecular weight is 302 g/mol. The molecule has 0 fully saturated rings. The Morgan fingerprint density at radius 1 is 1.52 bits per heavy atom. The van der Waals surface area contributed by atoms with E-state index in [-0.39, 0.29) is 11.0 Å². The summed E-state index contributed by atoms with van der Waals surface area (Å²) >= 11 is 5.01. The van der Waals surface area contributed by atoms with Crippen molar-refractivity contribution >= 4 is 33.9 Å². The molecule has 0 atom stereocenters. The first-order chi connectivity index (χ1) is 10.0. The van der Waals surface area contributed by atoms with Crippen LogP contribution in [0.3, 0.4) is 0 Å². The van der Waals surface area contributed by atoms with Crippen LogP contribution < -0.4 is 5.32 Å². The number of aromatic nitrogens is 1. The van der Waals surface area contributed by atoms with E-state index in [9.17, 15) is 5.11 Å². The molecule has 0 spiro atoms. The summed E-state index contributed by atoms with van der Waals surface area (Å²) < 4.78 is 0. The van der Waals surface area contributed by atoms with Gasteiger partial charge in [-0.3, -0.25) is 0 Å². The van der Waals surface area contributed by atoms with Crippen LogP contribution in [0.1, 0.15) is 25.3 Å². The van der Waals surface area contributed by atoms with E-state index in [0.717, 1.165) is 10.9 Å². The van der Waals surface area contributed by atoms with Gasteiger partial charge < -0.3 is 15.4 Å². The van der Waals surface area contributed by atoms with Crippen LogP contribution in [0.15, 0.2) is 41.1 Å². The first-order valence-electron chi connectivity index (χ1n) is 6.68. The number of nitrogens with zero attached hydrogens (tertiary/aromatic N) is 2. The van der Waals surface area contributed by atoms with Gasteiger partial charge in [0.1, 0.15) is 0 Å². The van der Waals surface area contributed by atoms with Crippen LogP contribution in [0, 0.1) is 0 Å². The van der Waals surface area contributed by atoms with Crippen molar-refractivity contribution in [3.05, 3.63) is 36.4 Å². The van der Waals surface area contributed by atoms with Crippen molar-refractivity contribution in [3.8, 4) is 5.88 Å². The van der Waals surface area contributed by atoms with Crippen LogP contribution in [0.2, 0.25) is 0 Å². The van der Waals surface area contributed by atoms with E-state index in [1.54, 1.807) is 6.08 Å². The summed E-state index contributed by atoms with van der Waals surface area (Å²) in [5.74, 6) is 0.382. The molecule has 0 bridgehead atoms. The van der Waals surface area contributed by atoms with Gasteiger partial charge in [0.05, 0.1) is 5.52 Å². The largest absolute Gasteiger partial charge is 0.493 e. The van der Waals surface area contributed by atoms with Gasteiger partial charge in [0.25, 0.3) is 0 Å². The molecule has 0 saturated carbocycles. The standard InChI is InChI=1S/C15H18N4OS/c1-4-7-16-15(21)19-18-13-11-8-10(9(2)3)5-6-12(11)17-14(13)20/h4-6,8-9,17,20H,1,7H2,2-3H3,(H,16,21). The third kappa shape index (κ3) is 3.46. The van der Waals surface area contributed by atoms with Crippen molar-refractivity contribution in [1.29, 1.82) is 0 Å². The van der Waals surface area contributed by atoms with E-state index in [1.165, 1.54) is 5.56 Å². The minimum absolute atomic E-state index is 0.0128. The van der Waals surface area contributed by atoms with Crippen molar-refractivity contribution < 1.29 is 5.11 Å². The van der Waals surface area contributed by atoms with Crippen molar-refractivity contribution in [2.75, 3.05) is 6.54 Å². The zero-order valence-corrected chi connectivity index (χ0v) is 12.9. The molecule has 6 heteroatoms. The van der Waals surface area contributed by atoms with Crippen LogP contribution in [-0.2, 0) is 0 Å². The Hall–Kier alpha value is -2.21. The van der Waals surface area contributed by atoms with Crippen LogP contribution in [-0.4, -0.2) is 21.7 Å². The molecule has 0 aliphatic carbocycles. The van der Waals surface area contributed by atoms with Crippen molar-refractivity contribution in [3.63, 3.8) is 0 Å². The lowest BCUT2D eigenvalue weighted by Crippen LogP contribution is -2.18. The topological polar surface area (TPSA) is 72.8 Å². The number of benzene rings is 1. The van der Waals surface area contributed by atoms with E-state index < -0.39 is 0 Å². The second kappa shape index (κ2) is 6.49. The Labute approximate surface area is 128 Å². The minimum Gasteiger partial charge on any atom is -0.493 e. The number of azo groups is 1. The molecule has 110 valence electrons. The van der Waals surface area contributed by atoms with Crippen LogP contribution in [0.5, 0.6) is 5.88 Å². The van der Waals surface area contributed by atoms with Gasteiger partial charge in [-0.15, -0.1) is 16.8 Å². The van der Waals surface area contributed by atoms with E-state index >= 15 is 0 Å². The molecule has 0 amide bonds. The van der Waals surface area contributed by atoms with E-state index in [2.05, 4.69) is 41.0 Å². The monoisotopic (exact) mass is 302 g/mol. The maximum absolute atomic E-state index is 9.96. The first kappa shape index (κ1) is 15.2. The lowest BCUT2D eigenvalue weighted by atomic mass is 10.0.